The Morgan fingerprint density at radius 1 is 1.60 bits per heavy atom. The zero-order valence-corrected chi connectivity index (χ0v) is 12.2. The Kier molecular flexibility index (Phi) is 5.63. The van der Waals surface area contributed by atoms with E-state index in [-0.39, 0.29) is 40.9 Å². The van der Waals surface area contributed by atoms with E-state index in [2.05, 4.69) is 9.97 Å². The van der Waals surface area contributed by atoms with Crippen molar-refractivity contribution in [3.8, 4) is 0 Å². The van der Waals surface area contributed by atoms with E-state index in [1.807, 2.05) is 0 Å². The van der Waals surface area contributed by atoms with E-state index >= 15 is 0 Å². The Morgan fingerprint density at radius 3 is 2.75 bits per heavy atom. The number of anilines is 1. The molecule has 9 heteroatoms. The lowest BCUT2D eigenvalue weighted by Gasteiger charge is -2.25. The molecule has 1 heterocycles. The molecule has 0 atom stereocenters. The molecule has 0 fully saturated rings. The van der Waals surface area contributed by atoms with Crippen LogP contribution in [0.15, 0.2) is 6.20 Å². The van der Waals surface area contributed by atoms with Crippen LogP contribution in [-0.2, 0) is 9.53 Å². The van der Waals surface area contributed by atoms with Crippen LogP contribution in [0.1, 0.15) is 20.8 Å². The molecule has 0 radical (unpaired) electrons. The largest absolute Gasteiger partial charge is 0.465 e. The van der Waals surface area contributed by atoms with Gasteiger partial charge < -0.3 is 9.64 Å². The van der Waals surface area contributed by atoms with Gasteiger partial charge in [-0.2, -0.15) is 4.98 Å². The van der Waals surface area contributed by atoms with Crippen LogP contribution in [-0.4, -0.2) is 45.3 Å². The van der Waals surface area contributed by atoms with Gasteiger partial charge in [0.1, 0.15) is 12.7 Å². The van der Waals surface area contributed by atoms with Gasteiger partial charge in [-0.15, -0.1) is 0 Å². The SMILES string of the molecule is CCOC(=O)CN(c1nc(Cl)ncc1[N+](=O)O)C(C)C. The van der Waals surface area contributed by atoms with Crippen molar-refractivity contribution in [1.29, 1.82) is 0 Å². The first-order valence-corrected chi connectivity index (χ1v) is 6.35. The maximum atomic E-state index is 11.6. The highest BCUT2D eigenvalue weighted by molar-refractivity contribution is 6.28. The molecule has 0 aliphatic rings. The topological polar surface area (TPSA) is 95.6 Å². The second-order valence-corrected chi connectivity index (χ2v) is 4.49. The Labute approximate surface area is 120 Å². The van der Waals surface area contributed by atoms with Gasteiger partial charge in [0.15, 0.2) is 0 Å². The third kappa shape index (κ3) is 4.02. The van der Waals surface area contributed by atoms with Crippen molar-refractivity contribution in [3.05, 3.63) is 16.4 Å². The zero-order valence-electron chi connectivity index (χ0n) is 11.4. The van der Waals surface area contributed by atoms with Crippen LogP contribution in [0, 0.1) is 4.91 Å². The number of ether oxygens (including phenoxy) is 1. The molecule has 0 bridgehead atoms. The molecule has 110 valence electrons. The molecule has 20 heavy (non-hydrogen) atoms. The van der Waals surface area contributed by atoms with Crippen molar-refractivity contribution in [1.82, 2.24) is 9.97 Å². The van der Waals surface area contributed by atoms with Gasteiger partial charge in [0.2, 0.25) is 11.1 Å². The molecule has 1 aromatic heterocycles. The normalized spacial score (nSPS) is 10.4. The van der Waals surface area contributed by atoms with Crippen molar-refractivity contribution in [2.45, 2.75) is 26.8 Å². The lowest BCUT2D eigenvalue weighted by atomic mass is 10.3. The second-order valence-electron chi connectivity index (χ2n) is 4.15. The van der Waals surface area contributed by atoms with E-state index in [9.17, 15) is 9.70 Å². The summed E-state index contributed by atoms with van der Waals surface area (Å²) in [6.07, 6.45) is 1.08. The van der Waals surface area contributed by atoms with E-state index in [1.54, 1.807) is 20.8 Å². The van der Waals surface area contributed by atoms with Gasteiger partial charge in [-0.25, -0.2) is 10.2 Å². The molecule has 0 aliphatic heterocycles. The number of aromatic nitrogens is 2. The van der Waals surface area contributed by atoms with E-state index in [4.69, 9.17) is 21.5 Å². The summed E-state index contributed by atoms with van der Waals surface area (Å²) in [6, 6.07) is -0.177. The first-order valence-electron chi connectivity index (χ1n) is 5.97. The molecule has 8 nitrogen and oxygen atoms in total. The highest BCUT2D eigenvalue weighted by Gasteiger charge is 2.29. The van der Waals surface area contributed by atoms with Gasteiger partial charge in [-0.3, -0.25) is 4.79 Å². The summed E-state index contributed by atoms with van der Waals surface area (Å²) in [5.41, 5.74) is -0.201. The number of esters is 1. The minimum absolute atomic E-state index is 0.0607. The van der Waals surface area contributed by atoms with Gasteiger partial charge in [0.05, 0.1) is 11.5 Å². The first kappa shape index (κ1) is 16.1. The molecule has 0 saturated carbocycles. The van der Waals surface area contributed by atoms with Gasteiger partial charge in [-0.1, -0.05) is 0 Å². The van der Waals surface area contributed by atoms with Crippen LogP contribution < -0.4 is 4.90 Å². The summed E-state index contributed by atoms with van der Waals surface area (Å²) in [4.78, 5) is 31.4. The monoisotopic (exact) mass is 303 g/mol. The lowest BCUT2D eigenvalue weighted by molar-refractivity contribution is -0.729. The quantitative estimate of drug-likeness (QED) is 0.485. The molecule has 0 saturated heterocycles. The number of carbonyl (C=O) groups excluding carboxylic acids is 1. The van der Waals surface area contributed by atoms with E-state index in [1.165, 1.54) is 4.90 Å². The van der Waals surface area contributed by atoms with Crippen molar-refractivity contribution in [2.75, 3.05) is 18.1 Å². The minimum atomic E-state index is -0.475. The van der Waals surface area contributed by atoms with Crippen molar-refractivity contribution in [3.63, 3.8) is 0 Å². The summed E-state index contributed by atoms with van der Waals surface area (Å²) < 4.78 is 4.86. The smallest absolute Gasteiger partial charge is 0.376 e. The first-order chi connectivity index (χ1) is 9.36. The highest BCUT2D eigenvalue weighted by Crippen LogP contribution is 2.27. The van der Waals surface area contributed by atoms with Crippen LogP contribution >= 0.6 is 11.6 Å². The molecule has 0 spiro atoms. The average molecular weight is 304 g/mol. The maximum Gasteiger partial charge on any atom is 0.376 e. The summed E-state index contributed by atoms with van der Waals surface area (Å²) in [5, 5.41) is 8.98. The average Bonchev–Trinajstić information content (AvgIpc) is 2.35. The van der Waals surface area contributed by atoms with Crippen molar-refractivity contribution in [2.24, 2.45) is 0 Å². The Hall–Kier alpha value is -1.96. The molecule has 1 aromatic rings. The van der Waals surface area contributed by atoms with Crippen LogP contribution in [0.4, 0.5) is 11.5 Å². The number of nitrogens with zero attached hydrogens (tertiary/aromatic N) is 4. The third-order valence-electron chi connectivity index (χ3n) is 2.43. The van der Waals surface area contributed by atoms with E-state index in [0.717, 1.165) is 6.20 Å². The van der Waals surface area contributed by atoms with Crippen molar-refractivity contribution >= 4 is 29.1 Å². The second kappa shape index (κ2) is 6.99. The van der Waals surface area contributed by atoms with Gasteiger partial charge in [0, 0.05) is 6.04 Å². The summed E-state index contributed by atoms with van der Waals surface area (Å²) in [6.45, 7) is 5.41. The summed E-state index contributed by atoms with van der Waals surface area (Å²) in [5.74, 6) is -0.414. The number of hydrogen-bond donors (Lipinski definition) is 1. The Balaban J connectivity index is 3.17. The molecule has 0 unspecified atom stereocenters. The molecule has 0 amide bonds. The number of hydrogen-bond acceptors (Lipinski definition) is 6. The number of carbonyl (C=O) groups is 1. The van der Waals surface area contributed by atoms with E-state index in [0.29, 0.717) is 0 Å². The minimum Gasteiger partial charge on any atom is -0.465 e. The lowest BCUT2D eigenvalue weighted by Crippen LogP contribution is -2.37. The van der Waals surface area contributed by atoms with Gasteiger partial charge in [0.25, 0.3) is 4.92 Å². The number of rotatable bonds is 6. The highest BCUT2D eigenvalue weighted by atomic mass is 35.5. The Morgan fingerprint density at radius 2 is 2.25 bits per heavy atom. The molecular formula is C11H16ClN4O4+. The molecule has 1 N–H and O–H groups in total. The standard InChI is InChI=1S/C11H16ClN4O4/c1-4-20-9(17)6-15(7(2)3)10-8(16(18)19)5-13-11(12)14-10/h5,7H,4,6H2,1-3H3,(H,18,19)/q+1. The number of halogens is 1. The van der Waals surface area contributed by atoms with Crippen LogP contribution in [0.2, 0.25) is 5.28 Å². The fourth-order valence-electron chi connectivity index (χ4n) is 1.54. The Bertz CT molecular complexity index is 509. The zero-order chi connectivity index (χ0) is 15.3. The molecule has 0 aliphatic carbocycles. The summed E-state index contributed by atoms with van der Waals surface area (Å²) >= 11 is 5.70. The maximum absolute atomic E-state index is 11.6. The van der Waals surface area contributed by atoms with Gasteiger partial charge >= 0.3 is 11.7 Å². The molecular weight excluding hydrogens is 288 g/mol. The van der Waals surface area contributed by atoms with Crippen LogP contribution in [0.3, 0.4) is 0 Å². The van der Waals surface area contributed by atoms with Crippen LogP contribution in [0.5, 0.6) is 0 Å². The van der Waals surface area contributed by atoms with Crippen molar-refractivity contribution < 1.29 is 19.7 Å². The molecule has 0 aromatic carbocycles. The summed E-state index contributed by atoms with van der Waals surface area (Å²) in [7, 11) is 0. The predicted molar refractivity (Wildman–Crippen MR) is 71.2 cm³/mol. The fourth-order valence-corrected chi connectivity index (χ4v) is 1.67. The third-order valence-corrected chi connectivity index (χ3v) is 2.61. The van der Waals surface area contributed by atoms with Crippen LogP contribution in [0.25, 0.3) is 0 Å². The molecule has 1 rings (SSSR count). The fraction of sp³-hybridized carbons (Fsp3) is 0.545. The van der Waals surface area contributed by atoms with E-state index < -0.39 is 5.97 Å². The predicted octanol–water partition coefficient (Wildman–Crippen LogP) is 1.71. The van der Waals surface area contributed by atoms with Gasteiger partial charge in [-0.05, 0) is 32.4 Å².